The molecule has 0 radical (unpaired) electrons. The molecule has 2 aromatic carbocycles. The molecule has 140 valence electrons. The number of nitrogens with zero attached hydrogens (tertiary/aromatic N) is 4. The molecule has 2 fully saturated rings. The van der Waals surface area contributed by atoms with E-state index in [1.165, 1.54) is 10.8 Å². The molecule has 7 heteroatoms. The lowest BCUT2D eigenvalue weighted by molar-refractivity contribution is -0.127. The van der Waals surface area contributed by atoms with Gasteiger partial charge in [-0.05, 0) is 22.4 Å². The lowest BCUT2D eigenvalue weighted by Gasteiger charge is -2.55. The van der Waals surface area contributed by atoms with Crippen LogP contribution in [0.15, 0.2) is 53.6 Å². The van der Waals surface area contributed by atoms with Crippen LogP contribution >= 0.6 is 0 Å². The van der Waals surface area contributed by atoms with Crippen molar-refractivity contribution in [2.45, 2.75) is 6.54 Å². The summed E-state index contributed by atoms with van der Waals surface area (Å²) in [6.07, 6.45) is 1.70. The Balaban J connectivity index is 1.32. The van der Waals surface area contributed by atoms with Gasteiger partial charge >= 0.3 is 0 Å². The molecule has 2 aliphatic rings. The fourth-order valence-corrected chi connectivity index (χ4v) is 4.26. The fourth-order valence-electron chi connectivity index (χ4n) is 4.26. The normalized spacial score (nSPS) is 17.8. The molecular weight excluding hydrogens is 354 g/mol. The molecule has 4 aromatic rings. The molecule has 0 aliphatic carbocycles. The highest BCUT2D eigenvalue weighted by Crippen LogP contribution is 2.38. The van der Waals surface area contributed by atoms with Gasteiger partial charge in [0.15, 0.2) is 11.2 Å². The molecule has 0 saturated carbocycles. The SMILES string of the molecule is O=c1[nH]c(N2CC3(COC3)C2)nc2ncn(Cc3ccc4ccccc4c3)c12. The third-order valence-electron chi connectivity index (χ3n) is 5.81. The highest BCUT2D eigenvalue weighted by Gasteiger charge is 2.49. The van der Waals surface area contributed by atoms with Gasteiger partial charge in [-0.3, -0.25) is 9.78 Å². The Morgan fingerprint density at radius 2 is 1.93 bits per heavy atom. The third-order valence-corrected chi connectivity index (χ3v) is 5.81. The van der Waals surface area contributed by atoms with Crippen LogP contribution in [0.2, 0.25) is 0 Å². The second-order valence-corrected chi connectivity index (χ2v) is 7.96. The van der Waals surface area contributed by atoms with E-state index in [0.29, 0.717) is 23.7 Å². The van der Waals surface area contributed by atoms with Crippen molar-refractivity contribution in [1.29, 1.82) is 0 Å². The molecule has 2 saturated heterocycles. The first-order valence-corrected chi connectivity index (χ1v) is 9.45. The van der Waals surface area contributed by atoms with Gasteiger partial charge < -0.3 is 14.2 Å². The summed E-state index contributed by atoms with van der Waals surface area (Å²) in [6.45, 7) is 3.93. The highest BCUT2D eigenvalue weighted by atomic mass is 16.5. The van der Waals surface area contributed by atoms with E-state index in [1.807, 2.05) is 16.7 Å². The number of rotatable bonds is 3. The Labute approximate surface area is 160 Å². The molecule has 6 rings (SSSR count). The Morgan fingerprint density at radius 1 is 1.11 bits per heavy atom. The minimum atomic E-state index is -0.149. The number of ether oxygens (including phenoxy) is 1. The van der Waals surface area contributed by atoms with Crippen LogP contribution in [0.3, 0.4) is 0 Å². The van der Waals surface area contributed by atoms with Crippen molar-refractivity contribution in [3.63, 3.8) is 0 Å². The van der Waals surface area contributed by atoms with E-state index in [-0.39, 0.29) is 11.0 Å². The average molecular weight is 373 g/mol. The highest BCUT2D eigenvalue weighted by molar-refractivity contribution is 5.83. The molecule has 1 N–H and O–H groups in total. The van der Waals surface area contributed by atoms with Crippen molar-refractivity contribution in [1.82, 2.24) is 19.5 Å². The summed E-state index contributed by atoms with van der Waals surface area (Å²) in [6, 6.07) is 14.6. The second kappa shape index (κ2) is 5.65. The molecular formula is C21H19N5O2. The van der Waals surface area contributed by atoms with E-state index >= 15 is 0 Å². The van der Waals surface area contributed by atoms with Gasteiger partial charge in [0.25, 0.3) is 5.56 Å². The van der Waals surface area contributed by atoms with Crippen molar-refractivity contribution < 1.29 is 4.74 Å². The van der Waals surface area contributed by atoms with Crippen LogP contribution in [0.1, 0.15) is 5.56 Å². The number of H-pyrrole nitrogens is 1. The van der Waals surface area contributed by atoms with Gasteiger partial charge in [0.1, 0.15) is 0 Å². The van der Waals surface area contributed by atoms with Crippen molar-refractivity contribution in [2.24, 2.45) is 5.41 Å². The lowest BCUT2D eigenvalue weighted by atomic mass is 9.78. The summed E-state index contributed by atoms with van der Waals surface area (Å²) in [5.41, 5.74) is 2.24. The maximum absolute atomic E-state index is 12.8. The number of benzene rings is 2. The standard InChI is InChI=1S/C21H19N5O2/c27-19-17-18(23-20(24-19)26-9-21(10-26)11-28-12-21)22-13-25(17)8-14-5-6-15-3-1-2-4-16(15)7-14/h1-7,13H,8-12H2,(H,23,24,27). The van der Waals surface area contributed by atoms with E-state index in [2.05, 4.69) is 50.2 Å². The van der Waals surface area contributed by atoms with E-state index in [1.54, 1.807) is 6.33 Å². The van der Waals surface area contributed by atoms with Crippen LogP contribution in [0, 0.1) is 5.41 Å². The number of aromatic amines is 1. The van der Waals surface area contributed by atoms with E-state index in [4.69, 9.17) is 4.74 Å². The first-order chi connectivity index (χ1) is 13.7. The molecule has 4 heterocycles. The van der Waals surface area contributed by atoms with Crippen LogP contribution in [0.4, 0.5) is 5.95 Å². The Hall–Kier alpha value is -3.19. The number of hydrogen-bond donors (Lipinski definition) is 1. The minimum Gasteiger partial charge on any atom is -0.380 e. The lowest BCUT2D eigenvalue weighted by Crippen LogP contribution is -2.66. The zero-order valence-electron chi connectivity index (χ0n) is 15.3. The summed E-state index contributed by atoms with van der Waals surface area (Å²) < 4.78 is 7.18. The molecule has 2 aliphatic heterocycles. The second-order valence-electron chi connectivity index (χ2n) is 7.96. The van der Waals surface area contributed by atoms with Crippen LogP contribution in [0.25, 0.3) is 21.9 Å². The van der Waals surface area contributed by atoms with Crippen LogP contribution < -0.4 is 10.5 Å². The van der Waals surface area contributed by atoms with Gasteiger partial charge in [-0.25, -0.2) is 4.98 Å². The van der Waals surface area contributed by atoms with Gasteiger partial charge in [-0.1, -0.05) is 36.4 Å². The summed E-state index contributed by atoms with van der Waals surface area (Å²) in [7, 11) is 0. The maximum atomic E-state index is 12.8. The molecule has 7 nitrogen and oxygen atoms in total. The largest absolute Gasteiger partial charge is 0.380 e. The number of anilines is 1. The quantitative estimate of drug-likeness (QED) is 0.596. The maximum Gasteiger partial charge on any atom is 0.278 e. The van der Waals surface area contributed by atoms with Crippen molar-refractivity contribution in [3.05, 3.63) is 64.7 Å². The first kappa shape index (κ1) is 15.8. The average Bonchev–Trinajstić information content (AvgIpc) is 3.03. The molecule has 0 amide bonds. The third kappa shape index (κ3) is 2.36. The van der Waals surface area contributed by atoms with Gasteiger partial charge in [-0.2, -0.15) is 4.98 Å². The Morgan fingerprint density at radius 3 is 2.71 bits per heavy atom. The number of nitrogens with one attached hydrogen (secondary N) is 1. The first-order valence-electron chi connectivity index (χ1n) is 9.45. The van der Waals surface area contributed by atoms with Crippen molar-refractivity contribution in [2.75, 3.05) is 31.2 Å². The molecule has 0 atom stereocenters. The zero-order valence-corrected chi connectivity index (χ0v) is 15.3. The van der Waals surface area contributed by atoms with E-state index in [0.717, 1.165) is 31.9 Å². The molecule has 1 spiro atoms. The predicted octanol–water partition coefficient (Wildman–Crippen LogP) is 2.16. The summed E-state index contributed by atoms with van der Waals surface area (Å²) >= 11 is 0. The monoisotopic (exact) mass is 373 g/mol. The fraction of sp³-hybridized carbons (Fsp3) is 0.286. The van der Waals surface area contributed by atoms with Crippen LogP contribution in [0.5, 0.6) is 0 Å². The minimum absolute atomic E-state index is 0.149. The van der Waals surface area contributed by atoms with E-state index < -0.39 is 0 Å². The topological polar surface area (TPSA) is 76.0 Å². The van der Waals surface area contributed by atoms with Gasteiger partial charge in [-0.15, -0.1) is 0 Å². The van der Waals surface area contributed by atoms with Crippen molar-refractivity contribution >= 4 is 27.9 Å². The number of fused-ring (bicyclic) bond motifs is 2. The van der Waals surface area contributed by atoms with Crippen LogP contribution in [-0.4, -0.2) is 45.8 Å². The smallest absolute Gasteiger partial charge is 0.278 e. The predicted molar refractivity (Wildman–Crippen MR) is 107 cm³/mol. The molecule has 28 heavy (non-hydrogen) atoms. The van der Waals surface area contributed by atoms with Gasteiger partial charge in [0.2, 0.25) is 5.95 Å². The number of hydrogen-bond acceptors (Lipinski definition) is 5. The zero-order chi connectivity index (χ0) is 18.7. The number of imidazole rings is 1. The molecule has 0 bridgehead atoms. The summed E-state index contributed by atoms with van der Waals surface area (Å²) in [4.78, 5) is 26.8. The van der Waals surface area contributed by atoms with Crippen molar-refractivity contribution in [3.8, 4) is 0 Å². The number of aromatic nitrogens is 4. The Kier molecular flexibility index (Phi) is 3.20. The van der Waals surface area contributed by atoms with Crippen LogP contribution in [-0.2, 0) is 11.3 Å². The Bertz CT molecular complexity index is 1260. The summed E-state index contributed by atoms with van der Waals surface area (Å²) in [5.74, 6) is 0.603. The van der Waals surface area contributed by atoms with Gasteiger partial charge in [0.05, 0.1) is 25.0 Å². The summed E-state index contributed by atoms with van der Waals surface area (Å²) in [5, 5.41) is 2.39. The molecule has 2 aromatic heterocycles. The molecule has 0 unspecified atom stereocenters. The van der Waals surface area contributed by atoms with Gasteiger partial charge in [0, 0.05) is 19.6 Å². The van der Waals surface area contributed by atoms with E-state index in [9.17, 15) is 4.79 Å².